The average Bonchev–Trinajstić information content (AvgIpc) is 2.85. The molecule has 2 N–H and O–H groups in total. The summed E-state index contributed by atoms with van der Waals surface area (Å²) in [4.78, 5) is 17.7. The Morgan fingerprint density at radius 2 is 2.15 bits per heavy atom. The summed E-state index contributed by atoms with van der Waals surface area (Å²) in [5.74, 6) is -0.906. The van der Waals surface area contributed by atoms with E-state index < -0.39 is 5.97 Å². The molecule has 6 heteroatoms. The van der Waals surface area contributed by atoms with Crippen molar-refractivity contribution in [3.05, 3.63) is 23.8 Å². The van der Waals surface area contributed by atoms with E-state index in [-0.39, 0.29) is 0 Å². The minimum atomic E-state index is -0.906. The Hall–Kier alpha value is -1.66. The number of aromatic nitrogens is 1. The lowest BCUT2D eigenvalue weighted by Gasteiger charge is -2.17. The zero-order valence-electron chi connectivity index (χ0n) is 11.7. The maximum absolute atomic E-state index is 10.9. The van der Waals surface area contributed by atoms with Gasteiger partial charge in [-0.25, -0.2) is 9.78 Å². The Kier molecular flexibility index (Phi) is 4.92. The van der Waals surface area contributed by atoms with Gasteiger partial charge in [-0.05, 0) is 31.3 Å². The van der Waals surface area contributed by atoms with Gasteiger partial charge in [0.25, 0.3) is 0 Å². The summed E-state index contributed by atoms with van der Waals surface area (Å²) < 4.78 is 0.898. The molecule has 0 atom stereocenters. The van der Waals surface area contributed by atoms with Crippen LogP contribution in [0.2, 0.25) is 0 Å². The number of benzene rings is 1. The molecule has 5 nitrogen and oxygen atoms in total. The molecule has 0 aliphatic rings. The van der Waals surface area contributed by atoms with Crippen LogP contribution >= 0.6 is 11.3 Å². The first-order chi connectivity index (χ1) is 9.63. The molecule has 0 spiro atoms. The third kappa shape index (κ3) is 3.46. The number of hydrogen-bond acceptors (Lipinski definition) is 5. The molecule has 0 amide bonds. The lowest BCUT2D eigenvalue weighted by Crippen LogP contribution is -2.28. The number of nitrogens with one attached hydrogen (secondary N) is 1. The number of likely N-dealkylation sites (N-methyl/N-ethyl adjacent to an activating group) is 1. The molecule has 0 saturated heterocycles. The highest BCUT2D eigenvalue weighted by Gasteiger charge is 2.08. The van der Waals surface area contributed by atoms with Crippen LogP contribution in [0.25, 0.3) is 10.2 Å². The number of carboxylic acid groups (broad SMARTS) is 1. The molecule has 1 aromatic carbocycles. The Morgan fingerprint density at radius 3 is 2.80 bits per heavy atom. The van der Waals surface area contributed by atoms with Crippen molar-refractivity contribution in [1.82, 2.24) is 9.88 Å². The molecule has 2 aromatic rings. The van der Waals surface area contributed by atoms with E-state index in [0.717, 1.165) is 41.5 Å². The first-order valence-electron chi connectivity index (χ1n) is 6.74. The number of nitrogens with zero attached hydrogens (tertiary/aromatic N) is 2. The molecular weight excluding hydrogens is 274 g/mol. The van der Waals surface area contributed by atoms with Crippen LogP contribution in [0.1, 0.15) is 24.2 Å². The van der Waals surface area contributed by atoms with Crippen molar-refractivity contribution >= 4 is 32.7 Å². The molecule has 1 aromatic heterocycles. The number of fused-ring (bicyclic) bond motifs is 1. The molecule has 0 saturated carbocycles. The van der Waals surface area contributed by atoms with Crippen molar-refractivity contribution < 1.29 is 9.90 Å². The predicted octanol–water partition coefficient (Wildman–Crippen LogP) is 2.75. The molecule has 0 bridgehead atoms. The molecular formula is C14H19N3O2S. The first-order valence-corrected chi connectivity index (χ1v) is 7.55. The Morgan fingerprint density at radius 1 is 1.40 bits per heavy atom. The van der Waals surface area contributed by atoms with Crippen molar-refractivity contribution in [3.8, 4) is 0 Å². The average molecular weight is 293 g/mol. The molecule has 20 heavy (non-hydrogen) atoms. The van der Waals surface area contributed by atoms with Gasteiger partial charge in [0.15, 0.2) is 5.13 Å². The molecule has 0 fully saturated rings. The van der Waals surface area contributed by atoms with Gasteiger partial charge >= 0.3 is 5.97 Å². The van der Waals surface area contributed by atoms with E-state index in [1.165, 1.54) is 11.3 Å². The zero-order valence-corrected chi connectivity index (χ0v) is 12.5. The van der Waals surface area contributed by atoms with Gasteiger partial charge in [-0.15, -0.1) is 0 Å². The van der Waals surface area contributed by atoms with Gasteiger partial charge in [-0.2, -0.15) is 0 Å². The first kappa shape index (κ1) is 14.7. The van der Waals surface area contributed by atoms with Crippen molar-refractivity contribution in [1.29, 1.82) is 0 Å². The van der Waals surface area contributed by atoms with Crippen LogP contribution in [-0.2, 0) is 0 Å². The lowest BCUT2D eigenvalue weighted by atomic mass is 10.2. The quantitative estimate of drug-likeness (QED) is 0.821. The lowest BCUT2D eigenvalue weighted by molar-refractivity contribution is 0.0697. The largest absolute Gasteiger partial charge is 0.478 e. The fourth-order valence-corrected chi connectivity index (χ4v) is 2.92. The minimum absolute atomic E-state index is 0.302. The third-order valence-corrected chi connectivity index (χ3v) is 4.21. The van der Waals surface area contributed by atoms with Crippen LogP contribution < -0.4 is 5.32 Å². The van der Waals surface area contributed by atoms with E-state index in [0.29, 0.717) is 5.56 Å². The summed E-state index contributed by atoms with van der Waals surface area (Å²) in [6.07, 6.45) is 0. The number of thiazole rings is 1. The smallest absolute Gasteiger partial charge is 0.335 e. The Bertz CT molecular complexity index is 593. The van der Waals surface area contributed by atoms with Gasteiger partial charge in [-0.3, -0.25) is 0 Å². The van der Waals surface area contributed by atoms with Crippen LogP contribution in [0, 0.1) is 0 Å². The number of aromatic carboxylic acids is 1. The van der Waals surface area contributed by atoms with E-state index in [9.17, 15) is 4.79 Å². The molecule has 2 rings (SSSR count). The highest BCUT2D eigenvalue weighted by Crippen LogP contribution is 2.26. The van der Waals surface area contributed by atoms with Crippen LogP contribution in [0.5, 0.6) is 0 Å². The summed E-state index contributed by atoms with van der Waals surface area (Å²) in [6.45, 7) is 8.19. The van der Waals surface area contributed by atoms with Crippen LogP contribution in [0.3, 0.4) is 0 Å². The van der Waals surface area contributed by atoms with Crippen molar-refractivity contribution in [2.24, 2.45) is 0 Å². The number of carbonyl (C=O) groups is 1. The number of rotatable bonds is 7. The van der Waals surface area contributed by atoms with Crippen LogP contribution in [-0.4, -0.2) is 47.1 Å². The van der Waals surface area contributed by atoms with Crippen molar-refractivity contribution in [2.45, 2.75) is 13.8 Å². The molecule has 0 aliphatic heterocycles. The second-order valence-electron chi connectivity index (χ2n) is 4.46. The van der Waals surface area contributed by atoms with Crippen LogP contribution in [0.4, 0.5) is 5.13 Å². The zero-order chi connectivity index (χ0) is 14.5. The molecule has 0 radical (unpaired) electrons. The van der Waals surface area contributed by atoms with E-state index >= 15 is 0 Å². The summed E-state index contributed by atoms with van der Waals surface area (Å²) in [5.41, 5.74) is 1.14. The van der Waals surface area contributed by atoms with Crippen molar-refractivity contribution in [3.63, 3.8) is 0 Å². The van der Waals surface area contributed by atoms with Gasteiger partial charge < -0.3 is 15.3 Å². The Labute approximate surface area is 122 Å². The van der Waals surface area contributed by atoms with Gasteiger partial charge in [-0.1, -0.05) is 25.2 Å². The monoisotopic (exact) mass is 293 g/mol. The third-order valence-electron chi connectivity index (χ3n) is 3.23. The summed E-state index contributed by atoms with van der Waals surface area (Å²) >= 11 is 1.49. The van der Waals surface area contributed by atoms with E-state index in [1.807, 2.05) is 0 Å². The second kappa shape index (κ2) is 6.67. The van der Waals surface area contributed by atoms with Gasteiger partial charge in [0, 0.05) is 13.1 Å². The summed E-state index contributed by atoms with van der Waals surface area (Å²) in [7, 11) is 0. The molecule has 0 unspecified atom stereocenters. The molecule has 1 heterocycles. The summed E-state index contributed by atoms with van der Waals surface area (Å²) in [5, 5.41) is 13.1. The highest BCUT2D eigenvalue weighted by molar-refractivity contribution is 7.22. The number of hydrogen-bond donors (Lipinski definition) is 2. The number of anilines is 1. The van der Waals surface area contributed by atoms with Gasteiger partial charge in [0.2, 0.25) is 0 Å². The highest BCUT2D eigenvalue weighted by atomic mass is 32.1. The van der Waals surface area contributed by atoms with Gasteiger partial charge in [0.1, 0.15) is 0 Å². The Balaban J connectivity index is 2.02. The standard InChI is InChI=1S/C14H19N3O2S/c1-3-17(4-2)8-7-15-14-16-11-6-5-10(13(18)19)9-12(11)20-14/h5-6,9H,3-4,7-8H2,1-2H3,(H,15,16)(H,18,19). The van der Waals surface area contributed by atoms with E-state index in [4.69, 9.17) is 5.11 Å². The molecule has 108 valence electrons. The minimum Gasteiger partial charge on any atom is -0.478 e. The summed E-state index contributed by atoms with van der Waals surface area (Å²) in [6, 6.07) is 5.01. The maximum atomic E-state index is 10.9. The molecule has 0 aliphatic carbocycles. The maximum Gasteiger partial charge on any atom is 0.335 e. The fourth-order valence-electron chi connectivity index (χ4n) is 1.99. The normalized spacial score (nSPS) is 11.2. The predicted molar refractivity (Wildman–Crippen MR) is 82.9 cm³/mol. The van der Waals surface area contributed by atoms with Gasteiger partial charge in [0.05, 0.1) is 15.8 Å². The van der Waals surface area contributed by atoms with Crippen molar-refractivity contribution in [2.75, 3.05) is 31.5 Å². The topological polar surface area (TPSA) is 65.5 Å². The second-order valence-corrected chi connectivity index (χ2v) is 5.49. The van der Waals surface area contributed by atoms with E-state index in [1.54, 1.807) is 18.2 Å². The van der Waals surface area contributed by atoms with E-state index in [2.05, 4.69) is 29.0 Å². The number of carboxylic acids is 1. The SMILES string of the molecule is CCN(CC)CCNc1nc2ccc(C(=O)O)cc2s1. The van der Waals surface area contributed by atoms with Crippen LogP contribution in [0.15, 0.2) is 18.2 Å². The fraction of sp³-hybridized carbons (Fsp3) is 0.429.